The minimum Gasteiger partial charge on any atom is -0.266 e. The third kappa shape index (κ3) is 4.25. The van der Waals surface area contributed by atoms with Crippen molar-refractivity contribution in [1.29, 1.82) is 0 Å². The summed E-state index contributed by atoms with van der Waals surface area (Å²) in [7, 11) is -3.10. The van der Waals surface area contributed by atoms with Crippen LogP contribution >= 0.6 is 0 Å². The molecule has 6 nitrogen and oxygen atoms in total. The summed E-state index contributed by atoms with van der Waals surface area (Å²) in [5, 5.41) is 5.29. The fourth-order valence-electron chi connectivity index (χ4n) is 2.23. The molecule has 1 heterocycles. The van der Waals surface area contributed by atoms with E-state index in [1.54, 1.807) is 5.10 Å². The molecule has 1 N–H and O–H groups in total. The molecule has 1 unspecified atom stereocenters. The molecule has 0 spiro atoms. The molecule has 2 aromatic carbocycles. The van der Waals surface area contributed by atoms with E-state index < -0.39 is 33.5 Å². The summed E-state index contributed by atoms with van der Waals surface area (Å²) in [5.74, 6) is -2.72. The monoisotopic (exact) mass is 412 g/mol. The van der Waals surface area contributed by atoms with Crippen LogP contribution in [-0.2, 0) is 15.9 Å². The molecular weight excluding hydrogens is 400 g/mol. The van der Waals surface area contributed by atoms with Gasteiger partial charge in [-0.2, -0.15) is 22.6 Å². The van der Waals surface area contributed by atoms with Crippen molar-refractivity contribution in [1.82, 2.24) is 15.2 Å². The topological polar surface area (TPSA) is 88.1 Å². The molecule has 1 amide bonds. The van der Waals surface area contributed by atoms with Crippen LogP contribution in [0.5, 0.6) is 0 Å². The van der Waals surface area contributed by atoms with Gasteiger partial charge in [-0.1, -0.05) is 12.1 Å². The molecule has 0 fully saturated rings. The average molecular weight is 412 g/mol. The number of carbonyl (C=O) groups excluding carboxylic acids is 1. The number of hydrogen-bond acceptors (Lipinski definition) is 4. The number of alkyl halides is 3. The lowest BCUT2D eigenvalue weighted by Crippen LogP contribution is -2.07. The van der Waals surface area contributed by atoms with Gasteiger partial charge < -0.3 is 0 Å². The second-order valence-corrected chi connectivity index (χ2v) is 7.99. The summed E-state index contributed by atoms with van der Waals surface area (Å²) in [5.41, 5.74) is 0.325. The second-order valence-electron chi connectivity index (χ2n) is 5.74. The molecule has 1 atom stereocenters. The molecule has 0 saturated carbocycles. The predicted octanol–water partition coefficient (Wildman–Crippen LogP) is 3.93. The summed E-state index contributed by atoms with van der Waals surface area (Å²) >= 11 is 0. The van der Waals surface area contributed by atoms with E-state index in [2.05, 4.69) is 14.4 Å². The van der Waals surface area contributed by atoms with Crippen LogP contribution in [0.2, 0.25) is 0 Å². The van der Waals surface area contributed by atoms with E-state index in [-0.39, 0.29) is 21.8 Å². The molecule has 0 saturated heterocycles. The molecule has 3 rings (SSSR count). The molecule has 28 heavy (non-hydrogen) atoms. The molecule has 1 aromatic heterocycles. The van der Waals surface area contributed by atoms with Crippen LogP contribution in [0.25, 0.3) is 11.4 Å². The zero-order valence-electron chi connectivity index (χ0n) is 14.2. The Balaban J connectivity index is 1.85. The first-order chi connectivity index (χ1) is 13.1. The number of amides is 1. The van der Waals surface area contributed by atoms with Crippen LogP contribution in [0.3, 0.4) is 0 Å². The van der Waals surface area contributed by atoms with E-state index in [1.807, 2.05) is 0 Å². The highest BCUT2D eigenvalue weighted by atomic mass is 32.2. The van der Waals surface area contributed by atoms with Crippen molar-refractivity contribution in [3.05, 3.63) is 65.7 Å². The zero-order chi connectivity index (χ0) is 20.5. The smallest absolute Gasteiger partial charge is 0.266 e. The molecular formula is C17H12F4N4O2S. The van der Waals surface area contributed by atoms with Crippen molar-refractivity contribution in [2.45, 2.75) is 11.1 Å². The van der Waals surface area contributed by atoms with E-state index >= 15 is 0 Å². The highest BCUT2D eigenvalue weighted by molar-refractivity contribution is 7.93. The predicted molar refractivity (Wildman–Crippen MR) is 92.3 cm³/mol. The Hall–Kier alpha value is -3.08. The number of H-pyrrole nitrogens is 1. The van der Waals surface area contributed by atoms with E-state index in [4.69, 9.17) is 0 Å². The Kier molecular flexibility index (Phi) is 5.02. The van der Waals surface area contributed by atoms with Crippen molar-refractivity contribution in [3.8, 4) is 11.4 Å². The molecule has 146 valence electrons. The number of nitrogens with zero attached hydrogens (tertiary/aromatic N) is 3. The van der Waals surface area contributed by atoms with Crippen molar-refractivity contribution in [2.75, 3.05) is 6.26 Å². The third-order valence-corrected chi connectivity index (χ3v) is 5.31. The summed E-state index contributed by atoms with van der Waals surface area (Å²) in [4.78, 5) is 15.8. The van der Waals surface area contributed by atoms with E-state index in [1.165, 1.54) is 42.7 Å². The number of halogens is 4. The quantitative estimate of drug-likeness (QED) is 0.661. The lowest BCUT2D eigenvalue weighted by Gasteiger charge is -2.04. The van der Waals surface area contributed by atoms with Crippen LogP contribution in [-0.4, -0.2) is 31.6 Å². The van der Waals surface area contributed by atoms with Crippen molar-refractivity contribution in [2.24, 2.45) is 4.36 Å². The number of carbonyl (C=O) groups is 1. The number of aromatic amines is 1. The highest BCUT2D eigenvalue weighted by Crippen LogP contribution is 2.27. The molecule has 11 heteroatoms. The van der Waals surface area contributed by atoms with Gasteiger partial charge in [0.2, 0.25) is 5.82 Å². The minimum absolute atomic E-state index is 0.0759. The lowest BCUT2D eigenvalue weighted by atomic mass is 10.1. The largest absolute Gasteiger partial charge is 0.451 e. The van der Waals surface area contributed by atoms with Gasteiger partial charge in [-0.05, 0) is 36.4 Å². The number of benzene rings is 2. The van der Waals surface area contributed by atoms with E-state index in [0.717, 1.165) is 12.1 Å². The summed E-state index contributed by atoms with van der Waals surface area (Å²) in [6.07, 6.45) is -3.40. The van der Waals surface area contributed by atoms with Crippen LogP contribution in [0.15, 0.2) is 57.8 Å². The fourth-order valence-corrected chi connectivity index (χ4v) is 3.40. The third-order valence-electron chi connectivity index (χ3n) is 3.65. The molecule has 3 aromatic rings. The first kappa shape index (κ1) is 19.7. The first-order valence-electron chi connectivity index (χ1n) is 7.68. The summed E-state index contributed by atoms with van der Waals surface area (Å²) in [6.45, 7) is 0. The SMILES string of the molecule is CS(=O)(=NC(=O)c1ccc(-c2n[nH]c(C(F)(F)F)n2)cc1)c1ccc(F)cc1. The van der Waals surface area contributed by atoms with Gasteiger partial charge in [0.1, 0.15) is 5.82 Å². The van der Waals surface area contributed by atoms with Gasteiger partial charge in [-0.15, -0.1) is 0 Å². The van der Waals surface area contributed by atoms with Gasteiger partial charge >= 0.3 is 6.18 Å². The Bertz CT molecular complexity index is 1130. The van der Waals surface area contributed by atoms with Crippen molar-refractivity contribution in [3.63, 3.8) is 0 Å². The fraction of sp³-hybridized carbons (Fsp3) is 0.118. The Morgan fingerprint density at radius 2 is 1.68 bits per heavy atom. The number of aromatic nitrogens is 3. The molecule has 0 radical (unpaired) electrons. The van der Waals surface area contributed by atoms with Crippen LogP contribution in [0.4, 0.5) is 17.6 Å². The maximum atomic E-state index is 13.0. The second kappa shape index (κ2) is 7.15. The van der Waals surface area contributed by atoms with E-state index in [9.17, 15) is 26.6 Å². The maximum Gasteiger partial charge on any atom is 0.451 e. The normalized spacial score (nSPS) is 13.8. The number of hydrogen-bond donors (Lipinski definition) is 1. The van der Waals surface area contributed by atoms with Gasteiger partial charge in [0.15, 0.2) is 5.82 Å². The Morgan fingerprint density at radius 3 is 2.21 bits per heavy atom. The van der Waals surface area contributed by atoms with Crippen LogP contribution in [0, 0.1) is 5.82 Å². The highest BCUT2D eigenvalue weighted by Gasteiger charge is 2.35. The molecule has 0 bridgehead atoms. The van der Waals surface area contributed by atoms with Gasteiger partial charge in [-0.25, -0.2) is 13.6 Å². The van der Waals surface area contributed by atoms with Crippen molar-refractivity contribution >= 4 is 15.6 Å². The van der Waals surface area contributed by atoms with Gasteiger partial charge in [0.25, 0.3) is 5.91 Å². The minimum atomic E-state index is -4.65. The van der Waals surface area contributed by atoms with Gasteiger partial charge in [-0.3, -0.25) is 9.89 Å². The summed E-state index contributed by atoms with van der Waals surface area (Å²) in [6, 6.07) is 10.1. The van der Waals surface area contributed by atoms with Gasteiger partial charge in [0.05, 0.1) is 9.73 Å². The first-order valence-corrected chi connectivity index (χ1v) is 9.61. The number of rotatable bonds is 3. The summed E-state index contributed by atoms with van der Waals surface area (Å²) < 4.78 is 67.0. The standard InChI is InChI=1S/C17H12F4N4O2S/c1-28(27,13-8-6-12(18)7-9-13)25-15(26)11-4-2-10(3-5-11)14-22-16(24-23-14)17(19,20)21/h2-9H,1H3,(H,22,23,24). The van der Waals surface area contributed by atoms with Crippen LogP contribution in [0.1, 0.15) is 16.2 Å². The average Bonchev–Trinajstić information content (AvgIpc) is 3.12. The number of nitrogens with one attached hydrogen (secondary N) is 1. The van der Waals surface area contributed by atoms with E-state index in [0.29, 0.717) is 0 Å². The molecule has 0 aliphatic carbocycles. The Labute approximate surface area is 156 Å². The zero-order valence-corrected chi connectivity index (χ0v) is 15.0. The maximum absolute atomic E-state index is 13.0. The molecule has 0 aliphatic heterocycles. The Morgan fingerprint density at radius 1 is 1.07 bits per heavy atom. The molecule has 0 aliphatic rings. The van der Waals surface area contributed by atoms with Crippen molar-refractivity contribution < 1.29 is 26.6 Å². The lowest BCUT2D eigenvalue weighted by molar-refractivity contribution is -0.144. The van der Waals surface area contributed by atoms with Gasteiger partial charge in [0, 0.05) is 22.3 Å². The van der Waals surface area contributed by atoms with Crippen LogP contribution < -0.4 is 0 Å².